The summed E-state index contributed by atoms with van der Waals surface area (Å²) in [7, 11) is 1.69. The van der Waals surface area contributed by atoms with E-state index in [4.69, 9.17) is 9.47 Å². The van der Waals surface area contributed by atoms with E-state index >= 15 is 0 Å². The Morgan fingerprint density at radius 3 is 2.54 bits per heavy atom. The van der Waals surface area contributed by atoms with Gasteiger partial charge in [0, 0.05) is 51.2 Å². The summed E-state index contributed by atoms with van der Waals surface area (Å²) in [6.07, 6.45) is 10.3. The molecule has 1 aromatic carbocycles. The summed E-state index contributed by atoms with van der Waals surface area (Å²) in [5, 5.41) is 0. The van der Waals surface area contributed by atoms with Crippen molar-refractivity contribution in [2.75, 3.05) is 44.8 Å². The molecule has 35 heavy (non-hydrogen) atoms. The Morgan fingerprint density at radius 1 is 1.11 bits per heavy atom. The lowest BCUT2D eigenvalue weighted by atomic mass is 9.90. The number of piperidine rings is 1. The number of ether oxygens (including phenoxy) is 2. The average Bonchev–Trinajstić information content (AvgIpc) is 3.60. The van der Waals surface area contributed by atoms with Gasteiger partial charge in [-0.05, 0) is 80.0 Å². The third-order valence-electron chi connectivity index (χ3n) is 8.03. The Hall–Kier alpha value is -2.67. The monoisotopic (exact) mass is 478 g/mol. The first kappa shape index (κ1) is 24.0. The minimum Gasteiger partial charge on any atom is -0.494 e. The maximum atomic E-state index is 12.3. The molecular formula is C28H38N4O3. The predicted octanol–water partition coefficient (Wildman–Crippen LogP) is 4.03. The second-order valence-electron chi connectivity index (χ2n) is 10.4. The third kappa shape index (κ3) is 5.95. The molecule has 1 saturated carbocycles. The smallest absolute Gasteiger partial charge is 0.227 e. The molecule has 3 heterocycles. The topological polar surface area (TPSA) is 67.8 Å². The van der Waals surface area contributed by atoms with Crippen LogP contribution < -0.4 is 9.64 Å². The fourth-order valence-electron chi connectivity index (χ4n) is 5.59. The first-order chi connectivity index (χ1) is 17.1. The van der Waals surface area contributed by atoms with Gasteiger partial charge in [-0.25, -0.2) is 9.97 Å². The second kappa shape index (κ2) is 10.9. The molecule has 5 rings (SSSR count). The summed E-state index contributed by atoms with van der Waals surface area (Å²) in [5.74, 6) is 4.47. The van der Waals surface area contributed by atoms with Crippen LogP contribution in [0.3, 0.4) is 0 Å². The predicted molar refractivity (Wildman–Crippen MR) is 135 cm³/mol. The van der Waals surface area contributed by atoms with Crippen molar-refractivity contribution in [3.05, 3.63) is 47.3 Å². The number of hydrogen-bond acceptors (Lipinski definition) is 6. The summed E-state index contributed by atoms with van der Waals surface area (Å²) in [5.41, 5.74) is 3.27. The van der Waals surface area contributed by atoms with Crippen molar-refractivity contribution in [2.24, 2.45) is 17.8 Å². The molecule has 188 valence electrons. The quantitative estimate of drug-likeness (QED) is 0.514. The number of aryl methyl sites for hydroxylation is 1. The lowest BCUT2D eigenvalue weighted by Gasteiger charge is -2.32. The SMILES string of the molecule is COCc1cnc(N2CCC([C@H]3C[C@H]3CCOc3ccc(CC(=O)N4CCC4)c(C)c3)CC2)nc1. The first-order valence-electron chi connectivity index (χ1n) is 13.2. The van der Waals surface area contributed by atoms with Crippen LogP contribution in [0, 0.1) is 24.7 Å². The van der Waals surface area contributed by atoms with Crippen LogP contribution in [-0.4, -0.2) is 60.7 Å². The summed E-state index contributed by atoms with van der Waals surface area (Å²) in [6, 6.07) is 6.17. The van der Waals surface area contributed by atoms with Crippen LogP contribution in [-0.2, 0) is 22.6 Å². The van der Waals surface area contributed by atoms with Gasteiger partial charge in [0.1, 0.15) is 5.75 Å². The van der Waals surface area contributed by atoms with Crippen molar-refractivity contribution in [3.63, 3.8) is 0 Å². The Morgan fingerprint density at radius 2 is 1.89 bits per heavy atom. The summed E-state index contributed by atoms with van der Waals surface area (Å²) < 4.78 is 11.2. The Labute approximate surface area is 208 Å². The lowest BCUT2D eigenvalue weighted by molar-refractivity contribution is -0.133. The molecule has 2 aromatic rings. The molecule has 0 N–H and O–H groups in total. The standard InChI is InChI=1S/C28H38N4O3/c1-20-14-25(5-4-23(20)16-27(33)31-9-3-10-31)35-13-8-24-15-26(24)22-6-11-32(12-7-22)28-29-17-21(18-30-28)19-34-2/h4-5,14,17-18,22,24,26H,3,6-13,15-16,19H2,1-2H3/t24-,26-/m1/s1. The largest absolute Gasteiger partial charge is 0.494 e. The second-order valence-corrected chi connectivity index (χ2v) is 10.4. The van der Waals surface area contributed by atoms with Gasteiger partial charge in [-0.3, -0.25) is 4.79 Å². The fraction of sp³-hybridized carbons (Fsp3) is 0.607. The van der Waals surface area contributed by atoms with Crippen molar-refractivity contribution in [3.8, 4) is 5.75 Å². The van der Waals surface area contributed by atoms with E-state index in [-0.39, 0.29) is 5.91 Å². The highest BCUT2D eigenvalue weighted by Crippen LogP contribution is 2.49. The zero-order valence-corrected chi connectivity index (χ0v) is 21.1. The van der Waals surface area contributed by atoms with Gasteiger partial charge in [-0.1, -0.05) is 6.07 Å². The van der Waals surface area contributed by atoms with Gasteiger partial charge >= 0.3 is 0 Å². The van der Waals surface area contributed by atoms with Crippen molar-refractivity contribution >= 4 is 11.9 Å². The number of aromatic nitrogens is 2. The van der Waals surface area contributed by atoms with Gasteiger partial charge in [0.25, 0.3) is 0 Å². The maximum absolute atomic E-state index is 12.3. The highest BCUT2D eigenvalue weighted by molar-refractivity contribution is 5.79. The van der Waals surface area contributed by atoms with E-state index in [0.717, 1.165) is 91.8 Å². The molecule has 2 aliphatic heterocycles. The number of nitrogens with zero attached hydrogens (tertiary/aromatic N) is 4. The third-order valence-corrected chi connectivity index (χ3v) is 8.03. The number of hydrogen-bond donors (Lipinski definition) is 0. The van der Waals surface area contributed by atoms with E-state index in [1.54, 1.807) is 7.11 Å². The van der Waals surface area contributed by atoms with Gasteiger partial charge in [-0.2, -0.15) is 0 Å². The molecule has 7 heteroatoms. The molecule has 2 saturated heterocycles. The summed E-state index contributed by atoms with van der Waals surface area (Å²) in [4.78, 5) is 25.6. The Kier molecular flexibility index (Phi) is 7.51. The van der Waals surface area contributed by atoms with Crippen LogP contribution in [0.1, 0.15) is 48.8 Å². The Bertz CT molecular complexity index is 1000. The van der Waals surface area contributed by atoms with Crippen LogP contribution in [0.25, 0.3) is 0 Å². The zero-order valence-electron chi connectivity index (χ0n) is 21.1. The van der Waals surface area contributed by atoms with Crippen molar-refractivity contribution in [1.82, 2.24) is 14.9 Å². The van der Waals surface area contributed by atoms with Crippen molar-refractivity contribution in [1.29, 1.82) is 0 Å². The number of carbonyl (C=O) groups excluding carboxylic acids is 1. The molecular weight excluding hydrogens is 440 g/mol. The molecule has 0 spiro atoms. The molecule has 3 aliphatic rings. The number of amides is 1. The highest BCUT2D eigenvalue weighted by atomic mass is 16.5. The van der Waals surface area contributed by atoms with Gasteiger partial charge in [0.2, 0.25) is 11.9 Å². The van der Waals surface area contributed by atoms with Gasteiger partial charge in [0.05, 0.1) is 19.6 Å². The summed E-state index contributed by atoms with van der Waals surface area (Å²) >= 11 is 0. The van der Waals surface area contributed by atoms with Crippen LogP contribution >= 0.6 is 0 Å². The van der Waals surface area contributed by atoms with E-state index in [9.17, 15) is 4.79 Å². The fourth-order valence-corrected chi connectivity index (χ4v) is 5.59. The van der Waals surface area contributed by atoms with Gasteiger partial charge < -0.3 is 19.3 Å². The molecule has 0 radical (unpaired) electrons. The molecule has 2 atom stereocenters. The molecule has 1 aromatic heterocycles. The van der Waals surface area contributed by atoms with E-state index in [1.165, 1.54) is 19.3 Å². The number of carbonyl (C=O) groups is 1. The van der Waals surface area contributed by atoms with Gasteiger partial charge in [-0.15, -0.1) is 0 Å². The number of rotatable bonds is 10. The van der Waals surface area contributed by atoms with Crippen LogP contribution in [0.4, 0.5) is 5.95 Å². The maximum Gasteiger partial charge on any atom is 0.227 e. The molecule has 3 fully saturated rings. The van der Waals surface area contributed by atoms with E-state index in [0.29, 0.717) is 13.0 Å². The number of likely N-dealkylation sites (tertiary alicyclic amines) is 1. The van der Waals surface area contributed by atoms with E-state index in [1.807, 2.05) is 23.4 Å². The first-order valence-corrected chi connectivity index (χ1v) is 13.2. The van der Waals surface area contributed by atoms with Crippen molar-refractivity contribution in [2.45, 2.75) is 52.1 Å². The average molecular weight is 479 g/mol. The van der Waals surface area contributed by atoms with Crippen LogP contribution in [0.2, 0.25) is 0 Å². The lowest BCUT2D eigenvalue weighted by Crippen LogP contribution is -2.42. The number of anilines is 1. The number of methoxy groups -OCH3 is 1. The zero-order chi connectivity index (χ0) is 24.2. The Balaban J connectivity index is 1.01. The van der Waals surface area contributed by atoms with Gasteiger partial charge in [0.15, 0.2) is 0 Å². The number of benzene rings is 1. The summed E-state index contributed by atoms with van der Waals surface area (Å²) in [6.45, 7) is 7.32. The van der Waals surface area contributed by atoms with Crippen LogP contribution in [0.5, 0.6) is 5.75 Å². The molecule has 1 aliphatic carbocycles. The minimum atomic E-state index is 0.242. The molecule has 1 amide bonds. The normalized spacial score (nSPS) is 22.1. The van der Waals surface area contributed by atoms with E-state index in [2.05, 4.69) is 33.9 Å². The van der Waals surface area contributed by atoms with Crippen LogP contribution in [0.15, 0.2) is 30.6 Å². The molecule has 7 nitrogen and oxygen atoms in total. The van der Waals surface area contributed by atoms with Crippen molar-refractivity contribution < 1.29 is 14.3 Å². The molecule has 0 unspecified atom stereocenters. The highest BCUT2D eigenvalue weighted by Gasteiger charge is 2.43. The minimum absolute atomic E-state index is 0.242. The van der Waals surface area contributed by atoms with E-state index < -0.39 is 0 Å². The molecule has 0 bridgehead atoms.